The van der Waals surface area contributed by atoms with Crippen LogP contribution in [0.2, 0.25) is 0 Å². The molecule has 0 spiro atoms. The molecular weight excluding hydrogens is 254 g/mol. The van der Waals surface area contributed by atoms with E-state index >= 15 is 0 Å². The van der Waals surface area contributed by atoms with Crippen LogP contribution in [0.5, 0.6) is 0 Å². The molecule has 2 heterocycles. The highest BCUT2D eigenvalue weighted by atomic mass is 32.1. The Balaban J connectivity index is 2.21. The first-order valence-electron chi connectivity index (χ1n) is 6.48. The predicted molar refractivity (Wildman–Crippen MR) is 81.6 cm³/mol. The van der Waals surface area contributed by atoms with Crippen LogP contribution in [0.25, 0.3) is 11.0 Å². The van der Waals surface area contributed by atoms with Gasteiger partial charge in [0, 0.05) is 10.6 Å². The fraction of sp³-hybridized carbons (Fsp3) is 0.267. The molecule has 1 unspecified atom stereocenters. The predicted octanol–water partition coefficient (Wildman–Crippen LogP) is 3.99. The van der Waals surface area contributed by atoms with Gasteiger partial charge in [0.2, 0.25) is 0 Å². The summed E-state index contributed by atoms with van der Waals surface area (Å²) in [5, 5.41) is 2.13. The molecule has 4 heteroatoms. The lowest BCUT2D eigenvalue weighted by molar-refractivity contribution is 0.576. The van der Waals surface area contributed by atoms with Crippen molar-refractivity contribution < 1.29 is 0 Å². The number of aromatic nitrogens is 2. The highest BCUT2D eigenvalue weighted by Gasteiger charge is 2.18. The van der Waals surface area contributed by atoms with E-state index in [1.165, 1.54) is 4.88 Å². The Morgan fingerprint density at radius 1 is 1.37 bits per heavy atom. The van der Waals surface area contributed by atoms with Gasteiger partial charge in [-0.3, -0.25) is 0 Å². The molecule has 3 nitrogen and oxygen atoms in total. The molecule has 1 aromatic carbocycles. The summed E-state index contributed by atoms with van der Waals surface area (Å²) in [4.78, 5) is 6.02. The number of anilines is 1. The molecule has 0 radical (unpaired) electrons. The Morgan fingerprint density at radius 3 is 2.89 bits per heavy atom. The van der Waals surface area contributed by atoms with E-state index in [1.807, 2.05) is 12.1 Å². The van der Waals surface area contributed by atoms with Crippen molar-refractivity contribution in [3.05, 3.63) is 46.4 Å². The quantitative estimate of drug-likeness (QED) is 0.732. The number of hydrogen-bond acceptors (Lipinski definition) is 3. The summed E-state index contributed by atoms with van der Waals surface area (Å²) < 4.78 is 2.32. The maximum absolute atomic E-state index is 5.84. The molecule has 0 amide bonds. The lowest BCUT2D eigenvalue weighted by atomic mass is 10.1. The highest BCUT2D eigenvalue weighted by Crippen LogP contribution is 2.31. The number of thiophene rings is 1. The molecule has 0 bridgehead atoms. The van der Waals surface area contributed by atoms with Crippen molar-refractivity contribution >= 4 is 28.1 Å². The summed E-state index contributed by atoms with van der Waals surface area (Å²) in [5.41, 5.74) is 8.74. The third-order valence-electron chi connectivity index (χ3n) is 3.46. The number of fused-ring (bicyclic) bond motifs is 1. The molecule has 0 fully saturated rings. The van der Waals surface area contributed by atoms with Gasteiger partial charge in [0.15, 0.2) is 0 Å². The number of rotatable bonds is 3. The Morgan fingerprint density at radius 2 is 2.21 bits per heavy atom. The number of aryl methyl sites for hydroxylation is 1. The van der Waals surface area contributed by atoms with Crippen LogP contribution in [0.1, 0.15) is 30.1 Å². The number of nitrogens with zero attached hydrogens (tertiary/aromatic N) is 2. The van der Waals surface area contributed by atoms with Gasteiger partial charge in [-0.05, 0) is 43.0 Å². The second kappa shape index (κ2) is 4.70. The number of benzene rings is 1. The summed E-state index contributed by atoms with van der Waals surface area (Å²) in [6.07, 6.45) is 1.05. The van der Waals surface area contributed by atoms with Crippen molar-refractivity contribution in [1.82, 2.24) is 9.55 Å². The van der Waals surface area contributed by atoms with E-state index in [2.05, 4.69) is 47.0 Å². The normalized spacial score (nSPS) is 12.9. The van der Waals surface area contributed by atoms with Crippen molar-refractivity contribution in [3.8, 4) is 0 Å². The molecule has 0 aliphatic carbocycles. The number of hydrogen-bond donors (Lipinski definition) is 1. The zero-order valence-electron chi connectivity index (χ0n) is 11.1. The zero-order chi connectivity index (χ0) is 13.4. The van der Waals surface area contributed by atoms with Gasteiger partial charge in [-0.1, -0.05) is 13.0 Å². The topological polar surface area (TPSA) is 43.8 Å². The Kier molecular flexibility index (Phi) is 3.03. The van der Waals surface area contributed by atoms with Gasteiger partial charge in [-0.2, -0.15) is 0 Å². The summed E-state index contributed by atoms with van der Waals surface area (Å²) in [7, 11) is 0. The lowest BCUT2D eigenvalue weighted by Gasteiger charge is -2.18. The van der Waals surface area contributed by atoms with Crippen LogP contribution >= 0.6 is 11.3 Å². The fourth-order valence-corrected chi connectivity index (χ4v) is 3.52. The monoisotopic (exact) mass is 271 g/mol. The van der Waals surface area contributed by atoms with Gasteiger partial charge < -0.3 is 10.3 Å². The molecule has 0 saturated carbocycles. The molecule has 0 aliphatic rings. The molecule has 2 aromatic heterocycles. The highest BCUT2D eigenvalue weighted by molar-refractivity contribution is 7.10. The average Bonchev–Trinajstić information content (AvgIpc) is 2.99. The third-order valence-corrected chi connectivity index (χ3v) is 4.43. The minimum atomic E-state index is 0.355. The van der Waals surface area contributed by atoms with Crippen molar-refractivity contribution in [3.63, 3.8) is 0 Å². The summed E-state index contributed by atoms with van der Waals surface area (Å²) in [6, 6.07) is 10.6. The van der Waals surface area contributed by atoms with Gasteiger partial charge in [0.25, 0.3) is 0 Å². The molecule has 1 atom stereocenters. The largest absolute Gasteiger partial charge is 0.399 e. The number of nitrogen functional groups attached to an aromatic ring is 1. The van der Waals surface area contributed by atoms with E-state index in [9.17, 15) is 0 Å². The maximum atomic E-state index is 5.84. The van der Waals surface area contributed by atoms with Gasteiger partial charge in [-0.25, -0.2) is 4.98 Å². The minimum absolute atomic E-state index is 0.355. The first kappa shape index (κ1) is 12.2. The SMILES string of the molecule is CCC(c1cccs1)n1c(C)nc2cc(N)ccc21. The molecule has 0 aliphatic heterocycles. The van der Waals surface area contributed by atoms with Crippen LogP contribution in [-0.4, -0.2) is 9.55 Å². The Bertz CT molecular complexity index is 698. The standard InChI is InChI=1S/C15H17N3S/c1-3-13(15-5-4-8-19-15)18-10(2)17-12-9-11(16)6-7-14(12)18/h4-9,13H,3,16H2,1-2H3. The van der Waals surface area contributed by atoms with Crippen molar-refractivity contribution in [1.29, 1.82) is 0 Å². The van der Waals surface area contributed by atoms with Crippen LogP contribution < -0.4 is 5.73 Å². The molecule has 0 saturated heterocycles. The summed E-state index contributed by atoms with van der Waals surface area (Å²) in [6.45, 7) is 4.28. The average molecular weight is 271 g/mol. The van der Waals surface area contributed by atoms with E-state index in [0.29, 0.717) is 6.04 Å². The van der Waals surface area contributed by atoms with Gasteiger partial charge in [0.05, 0.1) is 17.1 Å². The van der Waals surface area contributed by atoms with E-state index in [0.717, 1.165) is 29.0 Å². The fourth-order valence-electron chi connectivity index (χ4n) is 2.62. The first-order chi connectivity index (χ1) is 9.20. The minimum Gasteiger partial charge on any atom is -0.399 e. The summed E-state index contributed by atoms with van der Waals surface area (Å²) in [5.74, 6) is 1.04. The van der Waals surface area contributed by atoms with Crippen molar-refractivity contribution in [2.75, 3.05) is 5.73 Å². The number of nitrogens with two attached hydrogens (primary N) is 1. The van der Waals surface area contributed by atoms with Gasteiger partial charge in [0.1, 0.15) is 5.82 Å². The van der Waals surface area contributed by atoms with Crippen LogP contribution in [-0.2, 0) is 0 Å². The zero-order valence-corrected chi connectivity index (χ0v) is 11.9. The van der Waals surface area contributed by atoms with Crippen LogP contribution in [0, 0.1) is 6.92 Å². The smallest absolute Gasteiger partial charge is 0.107 e. The van der Waals surface area contributed by atoms with Crippen molar-refractivity contribution in [2.24, 2.45) is 0 Å². The van der Waals surface area contributed by atoms with Gasteiger partial charge in [-0.15, -0.1) is 11.3 Å². The molecule has 2 N–H and O–H groups in total. The summed E-state index contributed by atoms with van der Waals surface area (Å²) >= 11 is 1.80. The third kappa shape index (κ3) is 2.02. The van der Waals surface area contributed by atoms with Crippen molar-refractivity contribution in [2.45, 2.75) is 26.3 Å². The van der Waals surface area contributed by atoms with Crippen LogP contribution in [0.15, 0.2) is 35.7 Å². The molecule has 98 valence electrons. The molecular formula is C15H17N3S. The Hall–Kier alpha value is -1.81. The van der Waals surface area contributed by atoms with E-state index in [4.69, 9.17) is 5.73 Å². The molecule has 3 rings (SSSR count). The van der Waals surface area contributed by atoms with E-state index in [1.54, 1.807) is 11.3 Å². The van der Waals surface area contributed by atoms with Gasteiger partial charge >= 0.3 is 0 Å². The van der Waals surface area contributed by atoms with Crippen LogP contribution in [0.3, 0.4) is 0 Å². The second-order valence-corrected chi connectivity index (χ2v) is 5.70. The van der Waals surface area contributed by atoms with E-state index in [-0.39, 0.29) is 0 Å². The lowest BCUT2D eigenvalue weighted by Crippen LogP contribution is -2.09. The van der Waals surface area contributed by atoms with E-state index < -0.39 is 0 Å². The molecule has 19 heavy (non-hydrogen) atoms. The second-order valence-electron chi connectivity index (χ2n) is 4.72. The molecule has 3 aromatic rings. The number of imidazole rings is 1. The Labute approximate surface area is 116 Å². The maximum Gasteiger partial charge on any atom is 0.107 e. The first-order valence-corrected chi connectivity index (χ1v) is 7.36. The van der Waals surface area contributed by atoms with Crippen LogP contribution in [0.4, 0.5) is 5.69 Å².